The van der Waals surface area contributed by atoms with Crippen LogP contribution in [0.5, 0.6) is 0 Å². The van der Waals surface area contributed by atoms with Crippen molar-refractivity contribution in [1.82, 2.24) is 24.9 Å². The minimum absolute atomic E-state index is 0.552. The Morgan fingerprint density at radius 3 is 2.81 bits per heavy atom. The lowest BCUT2D eigenvalue weighted by molar-refractivity contribution is 0.613. The van der Waals surface area contributed by atoms with Gasteiger partial charge in [0.15, 0.2) is 5.11 Å². The van der Waals surface area contributed by atoms with Gasteiger partial charge in [-0.25, -0.2) is 0 Å². The SMILES string of the molecule is CCn1ncc(Br)c1CNC(=S)Nc1cnn(Cc2ccccc2C)c1. The fourth-order valence-corrected chi connectivity index (χ4v) is 3.28. The lowest BCUT2D eigenvalue weighted by Crippen LogP contribution is -2.29. The molecule has 0 aliphatic rings. The maximum Gasteiger partial charge on any atom is 0.171 e. The normalized spacial score (nSPS) is 10.7. The van der Waals surface area contributed by atoms with E-state index in [1.54, 1.807) is 12.4 Å². The molecule has 136 valence electrons. The van der Waals surface area contributed by atoms with Crippen LogP contribution in [0.1, 0.15) is 23.7 Å². The molecule has 0 bridgehead atoms. The maximum atomic E-state index is 5.39. The van der Waals surface area contributed by atoms with Gasteiger partial charge in [0.1, 0.15) is 0 Å². The number of benzene rings is 1. The van der Waals surface area contributed by atoms with E-state index in [1.165, 1.54) is 11.1 Å². The molecule has 26 heavy (non-hydrogen) atoms. The van der Waals surface area contributed by atoms with Crippen LogP contribution in [-0.2, 0) is 19.6 Å². The van der Waals surface area contributed by atoms with Gasteiger partial charge in [-0.05, 0) is 53.1 Å². The standard InChI is InChI=1S/C18H21BrN6S/c1-3-25-17(16(19)9-22-25)10-20-18(26)23-15-8-21-24(12-15)11-14-7-5-4-6-13(14)2/h4-9,12H,3,10-11H2,1-2H3,(H2,20,23,26). The number of hydrogen-bond acceptors (Lipinski definition) is 3. The minimum Gasteiger partial charge on any atom is -0.357 e. The van der Waals surface area contributed by atoms with Crippen LogP contribution >= 0.6 is 28.1 Å². The molecule has 0 saturated carbocycles. The zero-order valence-corrected chi connectivity index (χ0v) is 17.1. The van der Waals surface area contributed by atoms with E-state index in [2.05, 4.69) is 62.7 Å². The Morgan fingerprint density at radius 2 is 2.04 bits per heavy atom. The summed E-state index contributed by atoms with van der Waals surface area (Å²) in [6.45, 7) is 6.31. The number of thiocarbonyl (C=S) groups is 1. The van der Waals surface area contributed by atoms with Crippen molar-refractivity contribution in [1.29, 1.82) is 0 Å². The summed E-state index contributed by atoms with van der Waals surface area (Å²) in [6, 6.07) is 8.31. The van der Waals surface area contributed by atoms with E-state index in [-0.39, 0.29) is 0 Å². The van der Waals surface area contributed by atoms with Crippen LogP contribution in [0.25, 0.3) is 0 Å². The van der Waals surface area contributed by atoms with E-state index >= 15 is 0 Å². The van der Waals surface area contributed by atoms with Crippen LogP contribution in [0.3, 0.4) is 0 Å². The molecule has 3 rings (SSSR count). The number of nitrogens with zero attached hydrogens (tertiary/aromatic N) is 4. The first-order valence-electron chi connectivity index (χ1n) is 8.38. The summed E-state index contributed by atoms with van der Waals surface area (Å²) in [5.41, 5.74) is 4.43. The second-order valence-electron chi connectivity index (χ2n) is 5.92. The summed E-state index contributed by atoms with van der Waals surface area (Å²) < 4.78 is 4.80. The van der Waals surface area contributed by atoms with E-state index in [1.807, 2.05) is 27.7 Å². The van der Waals surface area contributed by atoms with Crippen molar-refractivity contribution >= 4 is 38.9 Å². The largest absolute Gasteiger partial charge is 0.357 e. The predicted molar refractivity (Wildman–Crippen MR) is 111 cm³/mol. The van der Waals surface area contributed by atoms with Crippen LogP contribution < -0.4 is 10.6 Å². The number of nitrogens with one attached hydrogen (secondary N) is 2. The fraction of sp³-hybridized carbons (Fsp3) is 0.278. The lowest BCUT2D eigenvalue weighted by atomic mass is 10.1. The summed E-state index contributed by atoms with van der Waals surface area (Å²) in [5.74, 6) is 0. The quantitative estimate of drug-likeness (QED) is 0.581. The van der Waals surface area contributed by atoms with Crippen LogP contribution in [-0.4, -0.2) is 24.7 Å². The Bertz CT molecular complexity index is 901. The molecule has 0 radical (unpaired) electrons. The van der Waals surface area contributed by atoms with E-state index in [0.717, 1.165) is 28.9 Å². The molecular formula is C18H21BrN6S. The van der Waals surface area contributed by atoms with E-state index in [9.17, 15) is 0 Å². The summed E-state index contributed by atoms with van der Waals surface area (Å²) in [6.07, 6.45) is 5.53. The first-order chi connectivity index (χ1) is 12.6. The van der Waals surface area contributed by atoms with Crippen molar-refractivity contribution < 1.29 is 0 Å². The number of hydrogen-bond donors (Lipinski definition) is 2. The number of aryl methyl sites for hydroxylation is 2. The molecule has 2 heterocycles. The highest BCUT2D eigenvalue weighted by molar-refractivity contribution is 9.10. The van der Waals surface area contributed by atoms with Gasteiger partial charge in [0, 0.05) is 12.7 Å². The highest BCUT2D eigenvalue weighted by Gasteiger charge is 2.09. The molecule has 3 aromatic rings. The van der Waals surface area contributed by atoms with E-state index < -0.39 is 0 Å². The Morgan fingerprint density at radius 1 is 1.23 bits per heavy atom. The van der Waals surface area contributed by atoms with Crippen LogP contribution in [0, 0.1) is 6.92 Å². The van der Waals surface area contributed by atoms with Gasteiger partial charge in [0.2, 0.25) is 0 Å². The van der Waals surface area contributed by atoms with Gasteiger partial charge in [-0.1, -0.05) is 24.3 Å². The summed E-state index contributed by atoms with van der Waals surface area (Å²) >= 11 is 8.90. The molecule has 6 nitrogen and oxygen atoms in total. The van der Waals surface area contributed by atoms with E-state index in [0.29, 0.717) is 11.7 Å². The number of halogens is 1. The third-order valence-corrected chi connectivity index (χ3v) is 5.01. The van der Waals surface area contributed by atoms with Crippen LogP contribution in [0.2, 0.25) is 0 Å². The van der Waals surface area contributed by atoms with Crippen molar-refractivity contribution in [2.24, 2.45) is 0 Å². The average molecular weight is 433 g/mol. The summed E-state index contributed by atoms with van der Waals surface area (Å²) in [7, 11) is 0. The third-order valence-electron chi connectivity index (χ3n) is 4.10. The highest BCUT2D eigenvalue weighted by Crippen LogP contribution is 2.16. The van der Waals surface area contributed by atoms with Crippen LogP contribution in [0.15, 0.2) is 47.3 Å². The first kappa shape index (κ1) is 18.6. The van der Waals surface area contributed by atoms with E-state index in [4.69, 9.17) is 12.2 Å². The zero-order valence-electron chi connectivity index (χ0n) is 14.7. The Hall–Kier alpha value is -2.19. The molecule has 0 aliphatic heterocycles. The monoisotopic (exact) mass is 432 g/mol. The molecule has 0 saturated heterocycles. The predicted octanol–water partition coefficient (Wildman–Crippen LogP) is 3.71. The molecule has 2 aromatic heterocycles. The number of rotatable bonds is 6. The van der Waals surface area contributed by atoms with Gasteiger partial charge in [-0.15, -0.1) is 0 Å². The van der Waals surface area contributed by atoms with Gasteiger partial charge in [0.05, 0.1) is 41.3 Å². The smallest absolute Gasteiger partial charge is 0.171 e. The van der Waals surface area contributed by atoms with Gasteiger partial charge in [-0.3, -0.25) is 9.36 Å². The molecule has 0 aliphatic carbocycles. The van der Waals surface area contributed by atoms with Crippen molar-refractivity contribution in [3.63, 3.8) is 0 Å². The Labute approximate surface area is 166 Å². The first-order valence-corrected chi connectivity index (χ1v) is 9.59. The second kappa shape index (κ2) is 8.46. The summed E-state index contributed by atoms with van der Waals surface area (Å²) in [4.78, 5) is 0. The van der Waals surface area contributed by atoms with Crippen LogP contribution in [0.4, 0.5) is 5.69 Å². The highest BCUT2D eigenvalue weighted by atomic mass is 79.9. The zero-order chi connectivity index (χ0) is 18.5. The molecule has 2 N–H and O–H groups in total. The molecule has 0 fully saturated rings. The molecule has 0 unspecified atom stereocenters. The van der Waals surface area contributed by atoms with Gasteiger partial charge >= 0.3 is 0 Å². The number of aromatic nitrogens is 4. The summed E-state index contributed by atoms with van der Waals surface area (Å²) in [5, 5.41) is 15.6. The average Bonchev–Trinajstić information content (AvgIpc) is 3.21. The van der Waals surface area contributed by atoms with Crippen molar-refractivity contribution in [3.05, 3.63) is 64.1 Å². The molecular weight excluding hydrogens is 412 g/mol. The van der Waals surface area contributed by atoms with Gasteiger partial charge in [-0.2, -0.15) is 10.2 Å². The topological polar surface area (TPSA) is 59.7 Å². The van der Waals surface area contributed by atoms with Crippen molar-refractivity contribution in [2.45, 2.75) is 33.5 Å². The Kier molecular flexibility index (Phi) is 6.05. The van der Waals surface area contributed by atoms with Crippen molar-refractivity contribution in [3.8, 4) is 0 Å². The van der Waals surface area contributed by atoms with Gasteiger partial charge in [0.25, 0.3) is 0 Å². The molecule has 8 heteroatoms. The second-order valence-corrected chi connectivity index (χ2v) is 7.18. The lowest BCUT2D eigenvalue weighted by Gasteiger charge is -2.10. The van der Waals surface area contributed by atoms with Crippen molar-refractivity contribution in [2.75, 3.05) is 5.32 Å². The van der Waals surface area contributed by atoms with Gasteiger partial charge < -0.3 is 10.6 Å². The molecule has 1 aromatic carbocycles. The fourth-order valence-electron chi connectivity index (χ4n) is 2.65. The molecule has 0 spiro atoms. The molecule has 0 amide bonds. The maximum absolute atomic E-state index is 5.39. The number of anilines is 1. The molecule has 0 atom stereocenters. The Balaban J connectivity index is 1.56. The third kappa shape index (κ3) is 4.50. The minimum atomic E-state index is 0.552.